The summed E-state index contributed by atoms with van der Waals surface area (Å²) in [6.45, 7) is 5.99. The van der Waals surface area contributed by atoms with Crippen molar-refractivity contribution < 1.29 is 9.59 Å². The molecule has 2 amide bonds. The summed E-state index contributed by atoms with van der Waals surface area (Å²) < 4.78 is 0. The van der Waals surface area contributed by atoms with E-state index in [1.165, 1.54) is 17.4 Å². The zero-order chi connectivity index (χ0) is 18.7. The molecule has 136 valence electrons. The molecular weight excluding hydrogens is 346 g/mol. The molecule has 2 aromatic rings. The van der Waals surface area contributed by atoms with E-state index in [2.05, 4.69) is 24.1 Å². The lowest BCUT2D eigenvalue weighted by atomic mass is 10.0. The number of nitrogens with one attached hydrogen (secondary N) is 1. The quantitative estimate of drug-likeness (QED) is 0.794. The van der Waals surface area contributed by atoms with Crippen molar-refractivity contribution in [2.24, 2.45) is 5.73 Å². The molecule has 0 spiro atoms. The Labute approximate surface area is 157 Å². The van der Waals surface area contributed by atoms with Crippen LogP contribution < -0.4 is 11.1 Å². The molecule has 3 rings (SSSR count). The van der Waals surface area contributed by atoms with Gasteiger partial charge in [-0.3, -0.25) is 14.5 Å². The Bertz CT molecular complexity index is 840. The third-order valence-corrected chi connectivity index (χ3v) is 5.66. The maximum atomic E-state index is 12.3. The summed E-state index contributed by atoms with van der Waals surface area (Å²) in [6, 6.07) is 10.0. The number of carbonyl (C=O) groups excluding carboxylic acids is 2. The summed E-state index contributed by atoms with van der Waals surface area (Å²) in [5, 5.41) is 3.39. The van der Waals surface area contributed by atoms with Crippen LogP contribution in [0.5, 0.6) is 0 Å². The molecule has 0 fully saturated rings. The van der Waals surface area contributed by atoms with Gasteiger partial charge >= 0.3 is 0 Å². The van der Waals surface area contributed by atoms with Crippen molar-refractivity contribution in [1.29, 1.82) is 0 Å². The minimum atomic E-state index is -0.483. The summed E-state index contributed by atoms with van der Waals surface area (Å²) in [4.78, 5) is 27.7. The van der Waals surface area contributed by atoms with Crippen LogP contribution in [0.25, 0.3) is 6.08 Å². The number of benzene rings is 1. The molecule has 0 saturated carbocycles. The predicted octanol–water partition coefficient (Wildman–Crippen LogP) is 3.27. The summed E-state index contributed by atoms with van der Waals surface area (Å²) in [7, 11) is 0. The van der Waals surface area contributed by atoms with Crippen LogP contribution in [0.4, 0.5) is 5.00 Å². The van der Waals surface area contributed by atoms with Crippen LogP contribution in [-0.4, -0.2) is 29.3 Å². The standard InChI is InChI=1S/C20H23N3O2S/c1-13(2)23-11-10-15-16(12-23)26-20(18(15)19(21)25)22-17(24)9-8-14-6-4-3-5-7-14/h3-9,13H,10-12H2,1-2H3,(H2,21,25)(H,22,24). The summed E-state index contributed by atoms with van der Waals surface area (Å²) in [5.74, 6) is -0.751. The number of amides is 2. The van der Waals surface area contributed by atoms with E-state index in [1.54, 1.807) is 6.08 Å². The highest BCUT2D eigenvalue weighted by Crippen LogP contribution is 2.37. The SMILES string of the molecule is CC(C)N1CCc2c(sc(NC(=O)C=Cc3ccccc3)c2C(N)=O)C1. The number of carbonyl (C=O) groups is 2. The van der Waals surface area contributed by atoms with Crippen LogP contribution in [0.1, 0.15) is 40.2 Å². The second-order valence-electron chi connectivity index (χ2n) is 6.62. The lowest BCUT2D eigenvalue weighted by Crippen LogP contribution is -2.35. The van der Waals surface area contributed by atoms with Crippen molar-refractivity contribution >= 4 is 34.2 Å². The number of hydrogen-bond donors (Lipinski definition) is 2. The maximum Gasteiger partial charge on any atom is 0.251 e. The van der Waals surface area contributed by atoms with Gasteiger partial charge in [0.15, 0.2) is 0 Å². The first kappa shape index (κ1) is 18.4. The molecule has 0 unspecified atom stereocenters. The molecule has 0 bridgehead atoms. The van der Waals surface area contributed by atoms with E-state index in [4.69, 9.17) is 5.73 Å². The first-order valence-corrected chi connectivity index (χ1v) is 9.50. The number of hydrogen-bond acceptors (Lipinski definition) is 4. The average molecular weight is 369 g/mol. The molecule has 5 nitrogen and oxygen atoms in total. The Kier molecular flexibility index (Phi) is 5.54. The van der Waals surface area contributed by atoms with Crippen molar-refractivity contribution in [3.05, 3.63) is 58.0 Å². The van der Waals surface area contributed by atoms with Crippen molar-refractivity contribution in [3.63, 3.8) is 0 Å². The highest BCUT2D eigenvalue weighted by Gasteiger charge is 2.28. The fraction of sp³-hybridized carbons (Fsp3) is 0.300. The van der Waals surface area contributed by atoms with Gasteiger partial charge in [0.2, 0.25) is 5.91 Å². The first-order chi connectivity index (χ1) is 12.5. The highest BCUT2D eigenvalue weighted by molar-refractivity contribution is 7.17. The summed E-state index contributed by atoms with van der Waals surface area (Å²) in [6.07, 6.45) is 3.99. The fourth-order valence-electron chi connectivity index (χ4n) is 3.10. The minimum absolute atomic E-state index is 0.268. The molecule has 0 aliphatic carbocycles. The molecular formula is C20H23N3O2S. The van der Waals surface area contributed by atoms with Gasteiger partial charge in [0.05, 0.1) is 5.56 Å². The fourth-order valence-corrected chi connectivity index (χ4v) is 4.38. The first-order valence-electron chi connectivity index (χ1n) is 8.68. The van der Waals surface area contributed by atoms with Crippen molar-refractivity contribution in [2.45, 2.75) is 32.9 Å². The molecule has 2 heterocycles. The minimum Gasteiger partial charge on any atom is -0.365 e. The van der Waals surface area contributed by atoms with Crippen molar-refractivity contribution in [3.8, 4) is 0 Å². The Balaban J connectivity index is 1.80. The van der Waals surface area contributed by atoms with Crippen LogP contribution >= 0.6 is 11.3 Å². The number of rotatable bonds is 5. The Hall–Kier alpha value is -2.44. The molecule has 0 radical (unpaired) electrons. The molecule has 0 saturated heterocycles. The molecule has 3 N–H and O–H groups in total. The largest absolute Gasteiger partial charge is 0.365 e. The zero-order valence-corrected chi connectivity index (χ0v) is 15.8. The highest BCUT2D eigenvalue weighted by atomic mass is 32.1. The third-order valence-electron chi connectivity index (χ3n) is 4.53. The van der Waals surface area contributed by atoms with E-state index in [0.717, 1.165) is 35.5 Å². The van der Waals surface area contributed by atoms with Crippen LogP contribution in [0.15, 0.2) is 36.4 Å². The lowest BCUT2D eigenvalue weighted by molar-refractivity contribution is -0.111. The molecule has 6 heteroatoms. The van der Waals surface area contributed by atoms with Gasteiger partial charge < -0.3 is 11.1 Å². The van der Waals surface area contributed by atoms with E-state index in [1.807, 2.05) is 30.3 Å². The van der Waals surface area contributed by atoms with Gasteiger partial charge in [0, 0.05) is 30.1 Å². The van der Waals surface area contributed by atoms with Crippen molar-refractivity contribution in [1.82, 2.24) is 4.90 Å². The topological polar surface area (TPSA) is 75.4 Å². The van der Waals surface area contributed by atoms with Crippen LogP contribution in [-0.2, 0) is 17.8 Å². The normalized spacial score (nSPS) is 14.6. The third kappa shape index (κ3) is 4.03. The smallest absolute Gasteiger partial charge is 0.251 e. The van der Waals surface area contributed by atoms with E-state index in [-0.39, 0.29) is 5.91 Å². The summed E-state index contributed by atoms with van der Waals surface area (Å²) in [5.41, 5.74) is 8.00. The second-order valence-corrected chi connectivity index (χ2v) is 7.72. The predicted molar refractivity (Wildman–Crippen MR) is 106 cm³/mol. The average Bonchev–Trinajstić information content (AvgIpc) is 2.97. The Morgan fingerprint density at radius 3 is 2.65 bits per heavy atom. The number of fused-ring (bicyclic) bond motifs is 1. The number of nitrogens with two attached hydrogens (primary N) is 1. The van der Waals surface area contributed by atoms with Gasteiger partial charge in [0.1, 0.15) is 5.00 Å². The Morgan fingerprint density at radius 1 is 1.27 bits per heavy atom. The van der Waals surface area contributed by atoms with Gasteiger partial charge in [-0.2, -0.15) is 0 Å². The number of nitrogens with zero attached hydrogens (tertiary/aromatic N) is 1. The van der Waals surface area contributed by atoms with E-state index in [9.17, 15) is 9.59 Å². The van der Waals surface area contributed by atoms with Crippen molar-refractivity contribution in [2.75, 3.05) is 11.9 Å². The van der Waals surface area contributed by atoms with Crippen LogP contribution in [0, 0.1) is 0 Å². The lowest BCUT2D eigenvalue weighted by Gasteiger charge is -2.30. The maximum absolute atomic E-state index is 12.3. The number of primary amides is 1. The molecule has 1 aliphatic heterocycles. The van der Waals surface area contributed by atoms with Gasteiger partial charge in [-0.05, 0) is 37.5 Å². The van der Waals surface area contributed by atoms with Crippen LogP contribution in [0.3, 0.4) is 0 Å². The van der Waals surface area contributed by atoms with Gasteiger partial charge in [-0.25, -0.2) is 0 Å². The van der Waals surface area contributed by atoms with E-state index < -0.39 is 5.91 Å². The van der Waals surface area contributed by atoms with Gasteiger partial charge in [0.25, 0.3) is 5.91 Å². The number of anilines is 1. The number of thiophene rings is 1. The molecule has 1 aromatic heterocycles. The monoisotopic (exact) mass is 369 g/mol. The van der Waals surface area contributed by atoms with Gasteiger partial charge in [-0.15, -0.1) is 11.3 Å². The summed E-state index contributed by atoms with van der Waals surface area (Å²) >= 11 is 1.45. The van der Waals surface area contributed by atoms with Crippen LogP contribution in [0.2, 0.25) is 0 Å². The molecule has 0 atom stereocenters. The van der Waals surface area contributed by atoms with E-state index >= 15 is 0 Å². The van der Waals surface area contributed by atoms with Gasteiger partial charge in [-0.1, -0.05) is 30.3 Å². The Morgan fingerprint density at radius 2 is 2.00 bits per heavy atom. The second kappa shape index (κ2) is 7.85. The van der Waals surface area contributed by atoms with E-state index in [0.29, 0.717) is 16.6 Å². The molecule has 26 heavy (non-hydrogen) atoms. The molecule has 1 aliphatic rings. The zero-order valence-electron chi connectivity index (χ0n) is 15.0. The molecule has 1 aromatic carbocycles.